The third-order valence-electron chi connectivity index (χ3n) is 3.68. The first kappa shape index (κ1) is 15.5. The maximum absolute atomic E-state index is 12.2. The van der Waals surface area contributed by atoms with Gasteiger partial charge >= 0.3 is 6.03 Å². The molecule has 0 radical (unpaired) electrons. The van der Waals surface area contributed by atoms with E-state index in [0.29, 0.717) is 13.1 Å². The van der Waals surface area contributed by atoms with Gasteiger partial charge in [-0.3, -0.25) is 9.69 Å². The molecule has 120 valence electrons. The van der Waals surface area contributed by atoms with E-state index in [4.69, 9.17) is 0 Å². The molecule has 1 saturated heterocycles. The van der Waals surface area contributed by atoms with Crippen LogP contribution in [0.25, 0.3) is 11.3 Å². The van der Waals surface area contributed by atoms with Crippen LogP contribution in [0, 0.1) is 6.92 Å². The van der Waals surface area contributed by atoms with E-state index in [1.165, 1.54) is 4.90 Å². The fourth-order valence-corrected chi connectivity index (χ4v) is 3.08. The van der Waals surface area contributed by atoms with E-state index in [-0.39, 0.29) is 11.9 Å². The van der Waals surface area contributed by atoms with Gasteiger partial charge in [-0.1, -0.05) is 12.1 Å². The molecule has 1 aliphatic rings. The predicted molar refractivity (Wildman–Crippen MR) is 90.5 cm³/mol. The van der Waals surface area contributed by atoms with Gasteiger partial charge in [-0.2, -0.15) is 0 Å². The standard InChI is InChI=1S/C16H18N4O2S/c1-10(15(21)20-8-7-17-16(20)22)18-13-5-3-12(4-6-13)14-9-23-11(2)19-14/h3-6,9-10,18H,7-8H2,1-2H3,(H,17,22)/t10-/m0/s1. The molecule has 3 rings (SSSR count). The number of anilines is 1. The van der Waals surface area contributed by atoms with Crippen molar-refractivity contribution in [2.24, 2.45) is 0 Å². The summed E-state index contributed by atoms with van der Waals surface area (Å²) in [5.41, 5.74) is 2.83. The van der Waals surface area contributed by atoms with Gasteiger partial charge in [-0.25, -0.2) is 9.78 Å². The summed E-state index contributed by atoms with van der Waals surface area (Å²) in [5.74, 6) is -0.223. The minimum Gasteiger partial charge on any atom is -0.374 e. The smallest absolute Gasteiger partial charge is 0.324 e. The number of nitrogens with one attached hydrogen (secondary N) is 2. The summed E-state index contributed by atoms with van der Waals surface area (Å²) in [5, 5.41) is 8.82. The van der Waals surface area contributed by atoms with E-state index in [0.717, 1.165) is 22.0 Å². The fraction of sp³-hybridized carbons (Fsp3) is 0.312. The van der Waals surface area contributed by atoms with E-state index in [1.54, 1.807) is 18.3 Å². The number of benzene rings is 1. The number of aryl methyl sites for hydroxylation is 1. The van der Waals surface area contributed by atoms with Crippen LogP contribution in [-0.2, 0) is 4.79 Å². The van der Waals surface area contributed by atoms with Crippen molar-refractivity contribution in [3.05, 3.63) is 34.7 Å². The molecule has 0 aliphatic carbocycles. The van der Waals surface area contributed by atoms with Crippen LogP contribution >= 0.6 is 11.3 Å². The first-order chi connectivity index (χ1) is 11.0. The number of hydrogen-bond acceptors (Lipinski definition) is 5. The Bertz CT molecular complexity index is 726. The molecule has 3 amide bonds. The molecule has 1 aliphatic heterocycles. The lowest BCUT2D eigenvalue weighted by molar-refractivity contribution is -0.128. The number of hydrogen-bond donors (Lipinski definition) is 2. The third-order valence-corrected chi connectivity index (χ3v) is 4.45. The Kier molecular flexibility index (Phi) is 4.29. The number of thiazole rings is 1. The second-order valence-corrected chi connectivity index (χ2v) is 6.48. The number of carbonyl (C=O) groups is 2. The number of urea groups is 1. The average molecular weight is 330 g/mol. The summed E-state index contributed by atoms with van der Waals surface area (Å²) in [6.07, 6.45) is 0. The van der Waals surface area contributed by atoms with Crippen molar-refractivity contribution in [1.82, 2.24) is 15.2 Å². The number of carbonyl (C=O) groups excluding carboxylic acids is 2. The number of amides is 3. The van der Waals surface area contributed by atoms with Crippen LogP contribution in [0.5, 0.6) is 0 Å². The Balaban J connectivity index is 1.66. The quantitative estimate of drug-likeness (QED) is 0.903. The van der Waals surface area contributed by atoms with Crippen molar-refractivity contribution in [2.75, 3.05) is 18.4 Å². The lowest BCUT2D eigenvalue weighted by atomic mass is 10.1. The summed E-state index contributed by atoms with van der Waals surface area (Å²) in [6.45, 7) is 4.67. The third kappa shape index (κ3) is 3.34. The topological polar surface area (TPSA) is 74.3 Å². The lowest BCUT2D eigenvalue weighted by Crippen LogP contribution is -2.43. The van der Waals surface area contributed by atoms with E-state index in [2.05, 4.69) is 15.6 Å². The Labute approximate surface area is 138 Å². The zero-order valence-electron chi connectivity index (χ0n) is 13.0. The summed E-state index contributed by atoms with van der Waals surface area (Å²) in [7, 11) is 0. The number of imide groups is 1. The molecule has 23 heavy (non-hydrogen) atoms. The molecule has 1 aromatic heterocycles. The maximum atomic E-state index is 12.2. The Morgan fingerprint density at radius 3 is 2.70 bits per heavy atom. The number of nitrogens with zero attached hydrogens (tertiary/aromatic N) is 2. The van der Waals surface area contributed by atoms with Crippen LogP contribution in [-0.4, -0.2) is 41.0 Å². The molecule has 1 aromatic carbocycles. The molecule has 6 nitrogen and oxygen atoms in total. The molecular weight excluding hydrogens is 312 g/mol. The van der Waals surface area contributed by atoms with Crippen LogP contribution in [0.15, 0.2) is 29.6 Å². The van der Waals surface area contributed by atoms with E-state index in [9.17, 15) is 9.59 Å². The molecule has 0 bridgehead atoms. The molecular formula is C16H18N4O2S. The summed E-state index contributed by atoms with van der Waals surface area (Å²) in [6, 6.07) is 6.98. The molecule has 7 heteroatoms. The molecule has 2 N–H and O–H groups in total. The van der Waals surface area contributed by atoms with Crippen molar-refractivity contribution in [3.63, 3.8) is 0 Å². The summed E-state index contributed by atoms with van der Waals surface area (Å²) >= 11 is 1.62. The number of aromatic nitrogens is 1. The Morgan fingerprint density at radius 2 is 2.13 bits per heavy atom. The van der Waals surface area contributed by atoms with Gasteiger partial charge in [0.05, 0.1) is 10.7 Å². The molecule has 2 aromatic rings. The van der Waals surface area contributed by atoms with Gasteiger partial charge in [0.2, 0.25) is 0 Å². The molecule has 0 saturated carbocycles. The molecule has 2 heterocycles. The van der Waals surface area contributed by atoms with E-state index < -0.39 is 6.04 Å². The van der Waals surface area contributed by atoms with Crippen LogP contribution in [0.4, 0.5) is 10.5 Å². The normalized spacial score (nSPS) is 15.4. The second kappa shape index (κ2) is 6.37. The van der Waals surface area contributed by atoms with Gasteiger partial charge < -0.3 is 10.6 Å². The lowest BCUT2D eigenvalue weighted by Gasteiger charge is -2.19. The first-order valence-corrected chi connectivity index (χ1v) is 8.31. The van der Waals surface area contributed by atoms with Gasteiger partial charge in [0.25, 0.3) is 5.91 Å². The van der Waals surface area contributed by atoms with Crippen molar-refractivity contribution >= 4 is 29.0 Å². The van der Waals surface area contributed by atoms with Gasteiger partial charge in [-0.15, -0.1) is 11.3 Å². The SMILES string of the molecule is Cc1nc(-c2ccc(N[C@@H](C)C(=O)N3CCNC3=O)cc2)cs1. The highest BCUT2D eigenvalue weighted by Crippen LogP contribution is 2.23. The molecule has 0 unspecified atom stereocenters. The van der Waals surface area contributed by atoms with Crippen molar-refractivity contribution < 1.29 is 9.59 Å². The monoisotopic (exact) mass is 330 g/mol. The molecule has 0 spiro atoms. The van der Waals surface area contributed by atoms with Gasteiger partial charge in [-0.05, 0) is 26.0 Å². The zero-order chi connectivity index (χ0) is 16.4. The summed E-state index contributed by atoms with van der Waals surface area (Å²) < 4.78 is 0. The first-order valence-electron chi connectivity index (χ1n) is 7.43. The van der Waals surface area contributed by atoms with Crippen molar-refractivity contribution in [1.29, 1.82) is 0 Å². The Morgan fingerprint density at radius 1 is 1.39 bits per heavy atom. The van der Waals surface area contributed by atoms with Crippen LogP contribution < -0.4 is 10.6 Å². The average Bonchev–Trinajstić information content (AvgIpc) is 3.16. The molecule has 1 fully saturated rings. The number of rotatable bonds is 4. The van der Waals surface area contributed by atoms with E-state index in [1.807, 2.05) is 36.6 Å². The van der Waals surface area contributed by atoms with Crippen molar-refractivity contribution in [3.8, 4) is 11.3 Å². The predicted octanol–water partition coefficient (Wildman–Crippen LogP) is 2.47. The summed E-state index contributed by atoms with van der Waals surface area (Å²) in [4.78, 5) is 29.5. The highest BCUT2D eigenvalue weighted by Gasteiger charge is 2.29. The molecule has 1 atom stereocenters. The van der Waals surface area contributed by atoms with Crippen LogP contribution in [0.2, 0.25) is 0 Å². The highest BCUT2D eigenvalue weighted by molar-refractivity contribution is 7.09. The van der Waals surface area contributed by atoms with Crippen LogP contribution in [0.3, 0.4) is 0 Å². The minimum absolute atomic E-state index is 0.223. The maximum Gasteiger partial charge on any atom is 0.324 e. The Hall–Kier alpha value is -2.41. The second-order valence-electron chi connectivity index (χ2n) is 5.42. The minimum atomic E-state index is -0.466. The highest BCUT2D eigenvalue weighted by atomic mass is 32.1. The van der Waals surface area contributed by atoms with Crippen LogP contribution in [0.1, 0.15) is 11.9 Å². The zero-order valence-corrected chi connectivity index (χ0v) is 13.8. The fourth-order valence-electron chi connectivity index (χ4n) is 2.46. The van der Waals surface area contributed by atoms with E-state index >= 15 is 0 Å². The largest absolute Gasteiger partial charge is 0.374 e. The van der Waals surface area contributed by atoms with Gasteiger partial charge in [0, 0.05) is 29.7 Å². The van der Waals surface area contributed by atoms with Crippen molar-refractivity contribution in [2.45, 2.75) is 19.9 Å². The van der Waals surface area contributed by atoms with Gasteiger partial charge in [0.15, 0.2) is 0 Å². The van der Waals surface area contributed by atoms with Gasteiger partial charge in [0.1, 0.15) is 6.04 Å².